The lowest BCUT2D eigenvalue weighted by Gasteiger charge is -2.15. The first-order valence-electron chi connectivity index (χ1n) is 9.37. The van der Waals surface area contributed by atoms with Crippen LogP contribution in [-0.2, 0) is 14.8 Å². The monoisotopic (exact) mass is 416 g/mol. The molecule has 0 saturated carbocycles. The second-order valence-corrected chi connectivity index (χ2v) is 9.02. The third kappa shape index (κ3) is 4.83. The van der Waals surface area contributed by atoms with E-state index in [0.29, 0.717) is 24.2 Å². The van der Waals surface area contributed by atoms with Gasteiger partial charge in [-0.15, -0.1) is 0 Å². The molecular formula is C21H24N2O5S. The van der Waals surface area contributed by atoms with E-state index in [1.165, 1.54) is 28.6 Å². The number of ketones is 1. The summed E-state index contributed by atoms with van der Waals surface area (Å²) in [5.41, 5.74) is 1.50. The number of nitrogens with zero attached hydrogens (tertiary/aromatic N) is 2. The number of benzene rings is 2. The Morgan fingerprint density at radius 1 is 1.00 bits per heavy atom. The Bertz CT molecular complexity index is 994. The van der Waals surface area contributed by atoms with Crippen molar-refractivity contribution in [2.45, 2.75) is 17.7 Å². The maximum absolute atomic E-state index is 12.5. The lowest BCUT2D eigenvalue weighted by Crippen LogP contribution is -2.27. The van der Waals surface area contributed by atoms with E-state index < -0.39 is 28.4 Å². The maximum Gasteiger partial charge on any atom is 0.338 e. The van der Waals surface area contributed by atoms with E-state index >= 15 is 0 Å². The quantitative estimate of drug-likeness (QED) is 0.510. The number of ether oxygens (including phenoxy) is 1. The van der Waals surface area contributed by atoms with Crippen molar-refractivity contribution in [3.63, 3.8) is 0 Å². The van der Waals surface area contributed by atoms with Crippen LogP contribution in [0, 0.1) is 0 Å². The summed E-state index contributed by atoms with van der Waals surface area (Å²) < 4.78 is 31.6. The second-order valence-electron chi connectivity index (χ2n) is 7.08. The first-order valence-corrected chi connectivity index (χ1v) is 10.8. The molecular weight excluding hydrogens is 392 g/mol. The average molecular weight is 416 g/mol. The molecule has 0 unspecified atom stereocenters. The molecule has 1 aliphatic heterocycles. The van der Waals surface area contributed by atoms with Crippen LogP contribution >= 0.6 is 0 Å². The fourth-order valence-corrected chi connectivity index (χ4v) is 4.62. The zero-order valence-electron chi connectivity index (χ0n) is 16.5. The molecule has 1 aliphatic rings. The Morgan fingerprint density at radius 3 is 2.28 bits per heavy atom. The molecule has 1 heterocycles. The summed E-state index contributed by atoms with van der Waals surface area (Å²) >= 11 is 0. The van der Waals surface area contributed by atoms with Gasteiger partial charge >= 0.3 is 5.97 Å². The third-order valence-electron chi connectivity index (χ3n) is 4.81. The number of sulfonamides is 1. The Kier molecular flexibility index (Phi) is 6.34. The lowest BCUT2D eigenvalue weighted by atomic mass is 10.1. The summed E-state index contributed by atoms with van der Waals surface area (Å²) in [6.07, 6.45) is 1.72. The van der Waals surface area contributed by atoms with Crippen LogP contribution in [0.2, 0.25) is 0 Å². The van der Waals surface area contributed by atoms with Gasteiger partial charge in [0.1, 0.15) is 0 Å². The van der Waals surface area contributed by atoms with Gasteiger partial charge in [0.2, 0.25) is 10.0 Å². The molecule has 154 valence electrons. The fraction of sp³-hybridized carbons (Fsp3) is 0.333. The van der Waals surface area contributed by atoms with Crippen LogP contribution in [0.25, 0.3) is 0 Å². The van der Waals surface area contributed by atoms with Crippen LogP contribution in [0.4, 0.5) is 5.69 Å². The largest absolute Gasteiger partial charge is 0.454 e. The number of hydrogen-bond donors (Lipinski definition) is 0. The molecule has 7 nitrogen and oxygen atoms in total. The van der Waals surface area contributed by atoms with E-state index in [0.717, 1.165) is 18.5 Å². The maximum atomic E-state index is 12.5. The van der Waals surface area contributed by atoms with Gasteiger partial charge in [0, 0.05) is 38.4 Å². The number of carbonyl (C=O) groups excluding carboxylic acids is 2. The topological polar surface area (TPSA) is 84.0 Å². The highest BCUT2D eigenvalue weighted by Gasteiger charge is 2.27. The normalized spacial score (nSPS) is 14.6. The summed E-state index contributed by atoms with van der Waals surface area (Å²) in [6, 6.07) is 12.7. The van der Waals surface area contributed by atoms with E-state index in [1.807, 2.05) is 25.1 Å². The first-order chi connectivity index (χ1) is 13.8. The van der Waals surface area contributed by atoms with Crippen LogP contribution in [0.3, 0.4) is 0 Å². The lowest BCUT2D eigenvalue weighted by molar-refractivity contribution is 0.0475. The van der Waals surface area contributed by atoms with Gasteiger partial charge in [0.05, 0.1) is 10.5 Å². The Morgan fingerprint density at radius 2 is 1.66 bits per heavy atom. The number of hydrogen-bond acceptors (Lipinski definition) is 6. The predicted octanol–water partition coefficient (Wildman–Crippen LogP) is 2.58. The van der Waals surface area contributed by atoms with Crippen LogP contribution in [0.5, 0.6) is 0 Å². The van der Waals surface area contributed by atoms with E-state index in [9.17, 15) is 18.0 Å². The van der Waals surface area contributed by atoms with Crippen molar-refractivity contribution in [2.75, 3.05) is 38.7 Å². The minimum Gasteiger partial charge on any atom is -0.454 e. The van der Waals surface area contributed by atoms with Crippen LogP contribution < -0.4 is 4.90 Å². The van der Waals surface area contributed by atoms with E-state index in [-0.39, 0.29) is 4.90 Å². The van der Waals surface area contributed by atoms with Gasteiger partial charge in [0.25, 0.3) is 0 Å². The molecule has 0 aliphatic carbocycles. The number of rotatable bonds is 7. The van der Waals surface area contributed by atoms with Crippen molar-refractivity contribution >= 4 is 27.5 Å². The summed E-state index contributed by atoms with van der Waals surface area (Å²) in [4.78, 5) is 26.6. The molecule has 1 saturated heterocycles. The second kappa shape index (κ2) is 8.75. The molecule has 3 rings (SSSR count). The number of anilines is 1. The van der Waals surface area contributed by atoms with E-state index in [2.05, 4.69) is 0 Å². The standard InChI is InChI=1S/C21H24N2O5S/c1-22(2)18-7-5-6-17(14-18)21(25)28-15-20(24)16-8-10-19(11-9-16)29(26,27)23-12-3-4-13-23/h5-11,14H,3-4,12-13,15H2,1-2H3. The van der Waals surface area contributed by atoms with Gasteiger partial charge in [-0.25, -0.2) is 13.2 Å². The molecule has 1 fully saturated rings. The van der Waals surface area contributed by atoms with Crippen molar-refractivity contribution in [3.05, 3.63) is 59.7 Å². The molecule has 0 amide bonds. The molecule has 2 aromatic carbocycles. The third-order valence-corrected chi connectivity index (χ3v) is 6.72. The zero-order chi connectivity index (χ0) is 21.0. The summed E-state index contributed by atoms with van der Waals surface area (Å²) in [5.74, 6) is -0.984. The predicted molar refractivity (Wildman–Crippen MR) is 110 cm³/mol. The molecule has 0 radical (unpaired) electrons. The van der Waals surface area contributed by atoms with Gasteiger partial charge in [-0.05, 0) is 55.3 Å². The molecule has 0 atom stereocenters. The number of carbonyl (C=O) groups is 2. The summed E-state index contributed by atoms with van der Waals surface area (Å²) in [6.45, 7) is 0.630. The minimum absolute atomic E-state index is 0.161. The Balaban J connectivity index is 1.62. The van der Waals surface area contributed by atoms with Crippen molar-refractivity contribution in [1.82, 2.24) is 4.31 Å². The van der Waals surface area contributed by atoms with Crippen molar-refractivity contribution in [1.29, 1.82) is 0 Å². The highest BCUT2D eigenvalue weighted by atomic mass is 32.2. The smallest absolute Gasteiger partial charge is 0.338 e. The molecule has 29 heavy (non-hydrogen) atoms. The van der Waals surface area contributed by atoms with Gasteiger partial charge in [0.15, 0.2) is 12.4 Å². The number of Topliss-reactive ketones (excluding diaryl/α,β-unsaturated/α-hetero) is 1. The van der Waals surface area contributed by atoms with Gasteiger partial charge in [-0.1, -0.05) is 6.07 Å². The highest BCUT2D eigenvalue weighted by Crippen LogP contribution is 2.21. The fourth-order valence-electron chi connectivity index (χ4n) is 3.10. The molecule has 0 N–H and O–H groups in total. The van der Waals surface area contributed by atoms with Gasteiger partial charge in [-0.2, -0.15) is 4.31 Å². The highest BCUT2D eigenvalue weighted by molar-refractivity contribution is 7.89. The minimum atomic E-state index is -3.52. The summed E-state index contributed by atoms with van der Waals surface area (Å²) in [7, 11) is 0.204. The van der Waals surface area contributed by atoms with Gasteiger partial charge < -0.3 is 9.64 Å². The van der Waals surface area contributed by atoms with Crippen LogP contribution in [-0.4, -0.2) is 58.3 Å². The molecule has 8 heteroatoms. The van der Waals surface area contributed by atoms with Crippen molar-refractivity contribution < 1.29 is 22.7 Å². The van der Waals surface area contributed by atoms with E-state index in [1.54, 1.807) is 18.2 Å². The van der Waals surface area contributed by atoms with Crippen LogP contribution in [0.15, 0.2) is 53.4 Å². The summed E-state index contributed by atoms with van der Waals surface area (Å²) in [5, 5.41) is 0. The zero-order valence-corrected chi connectivity index (χ0v) is 17.3. The average Bonchev–Trinajstić information content (AvgIpc) is 3.27. The van der Waals surface area contributed by atoms with E-state index in [4.69, 9.17) is 4.74 Å². The molecule has 0 bridgehead atoms. The Hall–Kier alpha value is -2.71. The molecule has 0 aromatic heterocycles. The van der Waals surface area contributed by atoms with Crippen molar-refractivity contribution in [3.8, 4) is 0 Å². The Labute approximate surface area is 170 Å². The van der Waals surface area contributed by atoms with Crippen LogP contribution in [0.1, 0.15) is 33.6 Å². The number of esters is 1. The first kappa shape index (κ1) is 21.0. The van der Waals surface area contributed by atoms with Crippen molar-refractivity contribution in [2.24, 2.45) is 0 Å². The SMILES string of the molecule is CN(C)c1cccc(C(=O)OCC(=O)c2ccc(S(=O)(=O)N3CCCC3)cc2)c1. The molecule has 2 aromatic rings. The van der Waals surface area contributed by atoms with Gasteiger partial charge in [-0.3, -0.25) is 4.79 Å². The molecule has 0 spiro atoms.